The summed E-state index contributed by atoms with van der Waals surface area (Å²) >= 11 is 0. The molecule has 1 aromatic rings. The Morgan fingerprint density at radius 1 is 1.48 bits per heavy atom. The minimum atomic E-state index is 0.0524. The molecule has 0 saturated heterocycles. The van der Waals surface area contributed by atoms with Crippen molar-refractivity contribution in [3.63, 3.8) is 0 Å². The number of hydrogen-bond acceptors (Lipinski definition) is 4. The van der Waals surface area contributed by atoms with Crippen LogP contribution in [0.1, 0.15) is 25.3 Å². The van der Waals surface area contributed by atoms with Gasteiger partial charge in [0.15, 0.2) is 0 Å². The number of nitrogens with one attached hydrogen (secondary N) is 1. The van der Waals surface area contributed by atoms with Crippen LogP contribution in [-0.2, 0) is 11.3 Å². The lowest BCUT2D eigenvalue weighted by molar-refractivity contribution is -0.122. The lowest BCUT2D eigenvalue weighted by Gasteiger charge is -2.28. The summed E-state index contributed by atoms with van der Waals surface area (Å²) in [5, 5.41) is 2.92. The normalized spacial score (nSPS) is 16.5. The van der Waals surface area contributed by atoms with Gasteiger partial charge < -0.3 is 15.8 Å². The topological polar surface area (TPSA) is 67.6 Å². The number of nitrogens with two attached hydrogens (primary N) is 1. The van der Waals surface area contributed by atoms with Crippen molar-refractivity contribution in [2.75, 3.05) is 26.2 Å². The molecule has 21 heavy (non-hydrogen) atoms. The Morgan fingerprint density at radius 3 is 3.05 bits per heavy atom. The van der Waals surface area contributed by atoms with E-state index in [4.69, 9.17) is 10.5 Å². The van der Waals surface area contributed by atoms with Crippen LogP contribution in [0.25, 0.3) is 0 Å². The summed E-state index contributed by atoms with van der Waals surface area (Å²) in [6.07, 6.45) is 1.39. The highest BCUT2D eigenvalue weighted by atomic mass is 16.5. The number of hydrogen-bond donors (Lipinski definition) is 2. The van der Waals surface area contributed by atoms with Gasteiger partial charge in [-0.15, -0.1) is 0 Å². The van der Waals surface area contributed by atoms with Gasteiger partial charge in [-0.05, 0) is 12.5 Å². The van der Waals surface area contributed by atoms with Crippen LogP contribution in [0.5, 0.6) is 5.75 Å². The zero-order valence-electron chi connectivity index (χ0n) is 12.7. The molecule has 0 spiro atoms. The summed E-state index contributed by atoms with van der Waals surface area (Å²) < 4.78 is 5.76. The zero-order chi connectivity index (χ0) is 15.1. The van der Waals surface area contributed by atoms with Gasteiger partial charge in [0.05, 0.1) is 0 Å². The second kappa shape index (κ2) is 8.00. The first kappa shape index (κ1) is 15.8. The molecule has 1 aliphatic heterocycles. The molecule has 1 aromatic carbocycles. The molecule has 5 heteroatoms. The van der Waals surface area contributed by atoms with E-state index in [0.717, 1.165) is 37.4 Å². The number of ether oxygens (including phenoxy) is 1. The number of fused-ring (bicyclic) bond motifs is 1. The number of carbonyl (C=O) groups is 1. The lowest BCUT2D eigenvalue weighted by Crippen LogP contribution is -2.44. The summed E-state index contributed by atoms with van der Waals surface area (Å²) in [6, 6.07) is 8.10. The van der Waals surface area contributed by atoms with Crippen LogP contribution in [0.2, 0.25) is 0 Å². The number of benzene rings is 1. The van der Waals surface area contributed by atoms with E-state index in [1.54, 1.807) is 0 Å². The predicted molar refractivity (Wildman–Crippen MR) is 83.1 cm³/mol. The third-order valence-corrected chi connectivity index (χ3v) is 3.76. The summed E-state index contributed by atoms with van der Waals surface area (Å²) in [7, 11) is 0. The van der Waals surface area contributed by atoms with E-state index >= 15 is 0 Å². The molecular formula is C16H25N3O2. The van der Waals surface area contributed by atoms with Crippen LogP contribution in [0.15, 0.2) is 24.3 Å². The highest BCUT2D eigenvalue weighted by molar-refractivity contribution is 5.76. The van der Waals surface area contributed by atoms with Gasteiger partial charge in [-0.25, -0.2) is 0 Å². The molecule has 0 aliphatic carbocycles. The van der Waals surface area contributed by atoms with Crippen LogP contribution < -0.4 is 15.8 Å². The Bertz CT molecular complexity index is 465. The third kappa shape index (κ3) is 4.44. The Labute approximate surface area is 126 Å². The molecule has 116 valence electrons. The van der Waals surface area contributed by atoms with Crippen molar-refractivity contribution in [2.24, 2.45) is 5.73 Å². The van der Waals surface area contributed by atoms with Gasteiger partial charge in [0.25, 0.3) is 0 Å². The summed E-state index contributed by atoms with van der Waals surface area (Å²) in [5.74, 6) is 1.01. The van der Waals surface area contributed by atoms with E-state index < -0.39 is 0 Å². The molecule has 0 aromatic heterocycles. The van der Waals surface area contributed by atoms with E-state index in [0.29, 0.717) is 19.6 Å². The van der Waals surface area contributed by atoms with Crippen LogP contribution in [0, 0.1) is 0 Å². The predicted octanol–water partition coefficient (Wildman–Crippen LogP) is 1.12. The standard InChI is InChI=1S/C16H25N3O2/c1-2-7-18-16(20)10-14(11-17)19-8-9-21-15-6-4-3-5-13(15)12-19/h3-6,14H,2,7-12,17H2,1H3,(H,18,20). The molecule has 1 heterocycles. The van der Waals surface area contributed by atoms with Crippen LogP contribution in [0.3, 0.4) is 0 Å². The summed E-state index contributed by atoms with van der Waals surface area (Å²) in [4.78, 5) is 14.2. The van der Waals surface area contributed by atoms with Gasteiger partial charge >= 0.3 is 0 Å². The monoisotopic (exact) mass is 291 g/mol. The highest BCUT2D eigenvalue weighted by Gasteiger charge is 2.23. The largest absolute Gasteiger partial charge is 0.492 e. The van der Waals surface area contributed by atoms with Crippen LogP contribution in [0.4, 0.5) is 0 Å². The van der Waals surface area contributed by atoms with Gasteiger partial charge in [-0.2, -0.15) is 0 Å². The van der Waals surface area contributed by atoms with Gasteiger partial charge in [-0.3, -0.25) is 9.69 Å². The maximum atomic E-state index is 11.9. The first-order valence-electron chi connectivity index (χ1n) is 7.66. The first-order chi connectivity index (χ1) is 10.2. The Hall–Kier alpha value is -1.59. The van der Waals surface area contributed by atoms with Crippen molar-refractivity contribution in [2.45, 2.75) is 32.4 Å². The average Bonchev–Trinajstić information content (AvgIpc) is 2.72. The molecule has 1 atom stereocenters. The first-order valence-corrected chi connectivity index (χ1v) is 7.66. The fourth-order valence-electron chi connectivity index (χ4n) is 2.57. The number of para-hydroxylation sites is 1. The molecule has 0 fully saturated rings. The number of nitrogens with zero attached hydrogens (tertiary/aromatic N) is 1. The average molecular weight is 291 g/mol. The fourth-order valence-corrected chi connectivity index (χ4v) is 2.57. The minimum absolute atomic E-state index is 0.0524. The summed E-state index contributed by atoms with van der Waals surface area (Å²) in [5.41, 5.74) is 7.04. The van der Waals surface area contributed by atoms with Crippen LogP contribution >= 0.6 is 0 Å². The van der Waals surface area contributed by atoms with E-state index in [1.807, 2.05) is 25.1 Å². The Kier molecular flexibility index (Phi) is 6.02. The van der Waals surface area contributed by atoms with Crippen molar-refractivity contribution < 1.29 is 9.53 Å². The van der Waals surface area contributed by atoms with Crippen molar-refractivity contribution in [1.29, 1.82) is 0 Å². The van der Waals surface area contributed by atoms with Crippen molar-refractivity contribution in [3.05, 3.63) is 29.8 Å². The van der Waals surface area contributed by atoms with Gasteiger partial charge in [-0.1, -0.05) is 25.1 Å². The molecule has 1 unspecified atom stereocenters. The molecule has 2 rings (SSSR count). The number of carbonyl (C=O) groups excluding carboxylic acids is 1. The number of amides is 1. The smallest absolute Gasteiger partial charge is 0.221 e. The van der Waals surface area contributed by atoms with Crippen molar-refractivity contribution in [1.82, 2.24) is 10.2 Å². The molecule has 5 nitrogen and oxygen atoms in total. The maximum absolute atomic E-state index is 11.9. The second-order valence-corrected chi connectivity index (χ2v) is 5.37. The quantitative estimate of drug-likeness (QED) is 0.824. The van der Waals surface area contributed by atoms with E-state index in [-0.39, 0.29) is 11.9 Å². The van der Waals surface area contributed by atoms with E-state index in [9.17, 15) is 4.79 Å². The summed E-state index contributed by atoms with van der Waals surface area (Å²) in [6.45, 7) is 5.44. The second-order valence-electron chi connectivity index (χ2n) is 5.37. The van der Waals surface area contributed by atoms with E-state index in [2.05, 4.69) is 16.3 Å². The molecule has 3 N–H and O–H groups in total. The van der Waals surface area contributed by atoms with Crippen molar-refractivity contribution >= 4 is 5.91 Å². The van der Waals surface area contributed by atoms with Crippen molar-refractivity contribution in [3.8, 4) is 5.75 Å². The maximum Gasteiger partial charge on any atom is 0.221 e. The molecule has 0 radical (unpaired) electrons. The minimum Gasteiger partial charge on any atom is -0.492 e. The molecule has 1 amide bonds. The molecule has 1 aliphatic rings. The van der Waals surface area contributed by atoms with Crippen LogP contribution in [-0.4, -0.2) is 43.1 Å². The van der Waals surface area contributed by atoms with Gasteiger partial charge in [0.1, 0.15) is 12.4 Å². The van der Waals surface area contributed by atoms with Gasteiger partial charge in [0, 0.05) is 44.2 Å². The lowest BCUT2D eigenvalue weighted by atomic mass is 10.1. The Morgan fingerprint density at radius 2 is 2.29 bits per heavy atom. The Balaban J connectivity index is 2.00. The fraction of sp³-hybridized carbons (Fsp3) is 0.562. The number of rotatable bonds is 6. The third-order valence-electron chi connectivity index (χ3n) is 3.76. The molecular weight excluding hydrogens is 266 g/mol. The highest BCUT2D eigenvalue weighted by Crippen LogP contribution is 2.23. The molecule has 0 bridgehead atoms. The zero-order valence-corrected chi connectivity index (χ0v) is 12.7. The van der Waals surface area contributed by atoms with Gasteiger partial charge in [0.2, 0.25) is 5.91 Å². The molecule has 0 saturated carbocycles. The SMILES string of the molecule is CCCNC(=O)CC(CN)N1CCOc2ccccc2C1. The van der Waals surface area contributed by atoms with E-state index in [1.165, 1.54) is 0 Å².